The quantitative estimate of drug-likeness (QED) is 0.598. The van der Waals surface area contributed by atoms with Gasteiger partial charge in [0.05, 0.1) is 24.7 Å². The van der Waals surface area contributed by atoms with E-state index in [1.54, 1.807) is 0 Å². The second-order valence-corrected chi connectivity index (χ2v) is 10.2. The minimum atomic E-state index is 0.121. The van der Waals surface area contributed by atoms with Crippen LogP contribution in [-0.4, -0.2) is 54.8 Å². The van der Waals surface area contributed by atoms with E-state index in [1.165, 1.54) is 11.1 Å². The van der Waals surface area contributed by atoms with Gasteiger partial charge >= 0.3 is 0 Å². The first kappa shape index (κ1) is 22.8. The Labute approximate surface area is 203 Å². The zero-order chi connectivity index (χ0) is 23.6. The van der Waals surface area contributed by atoms with E-state index in [0.29, 0.717) is 0 Å². The molecule has 2 heterocycles. The van der Waals surface area contributed by atoms with Crippen LogP contribution < -0.4 is 15.1 Å². The molecule has 1 spiro atoms. The highest BCUT2D eigenvalue weighted by atomic mass is 15.3. The Morgan fingerprint density at radius 1 is 0.853 bits per heavy atom. The van der Waals surface area contributed by atoms with Crippen molar-refractivity contribution in [3.05, 3.63) is 84.2 Å². The maximum atomic E-state index is 4.68. The van der Waals surface area contributed by atoms with Gasteiger partial charge in [0.2, 0.25) is 5.95 Å². The molecule has 6 heteroatoms. The molecule has 1 aliphatic heterocycles. The Hall–Kier alpha value is -2.96. The lowest BCUT2D eigenvalue weighted by Crippen LogP contribution is -2.53. The third-order valence-corrected chi connectivity index (χ3v) is 7.93. The van der Waals surface area contributed by atoms with Gasteiger partial charge in [-0.3, -0.25) is 10.2 Å². The lowest BCUT2D eigenvalue weighted by molar-refractivity contribution is 0.0646. The Balaban J connectivity index is 1.23. The lowest BCUT2D eigenvalue weighted by Gasteiger charge is -2.49. The van der Waals surface area contributed by atoms with Gasteiger partial charge in [0.25, 0.3) is 0 Å². The number of hydrogen-bond donors (Lipinski definition) is 1. The molecule has 1 aromatic heterocycles. The van der Waals surface area contributed by atoms with Gasteiger partial charge in [0.1, 0.15) is 0 Å². The van der Waals surface area contributed by atoms with Gasteiger partial charge in [-0.05, 0) is 50.9 Å². The molecule has 6 nitrogen and oxygen atoms in total. The van der Waals surface area contributed by atoms with E-state index in [0.717, 1.165) is 57.1 Å². The number of benzene rings is 2. The number of hydrogen-bond acceptors (Lipinski definition) is 6. The van der Waals surface area contributed by atoms with Gasteiger partial charge in [0.15, 0.2) is 0 Å². The fraction of sp³-hybridized carbons (Fsp3) is 0.429. The first-order valence-electron chi connectivity index (χ1n) is 12.3. The zero-order valence-corrected chi connectivity index (χ0v) is 20.6. The molecule has 2 aromatic carbocycles. The summed E-state index contributed by atoms with van der Waals surface area (Å²) in [5.74, 6) is 0.755. The maximum Gasteiger partial charge on any atom is 0.225 e. The number of nitrogens with one attached hydrogen (secondary N) is 1. The minimum absolute atomic E-state index is 0.121. The first-order chi connectivity index (χ1) is 16.5. The Morgan fingerprint density at radius 3 is 2.09 bits per heavy atom. The van der Waals surface area contributed by atoms with Crippen LogP contribution in [-0.2, 0) is 12.1 Å². The number of rotatable bonds is 6. The van der Waals surface area contributed by atoms with Crippen molar-refractivity contribution in [2.24, 2.45) is 0 Å². The van der Waals surface area contributed by atoms with Crippen molar-refractivity contribution in [1.82, 2.24) is 20.2 Å². The van der Waals surface area contributed by atoms with Gasteiger partial charge in [0, 0.05) is 31.2 Å². The standard InChI is InChI=1S/C28H36N6/c1-32(2)28(24-12-8-5-9-13-24)16-14-27(15-17-28)21-34(22-31-27)25-18-29-26(30-19-25)33(3)20-23-10-6-4-7-11-23/h4-13,18-19,31H,14-17,20-22H2,1-3H3/t27-,28+. The molecule has 5 rings (SSSR count). The smallest absolute Gasteiger partial charge is 0.225 e. The van der Waals surface area contributed by atoms with Gasteiger partial charge in [-0.15, -0.1) is 0 Å². The Kier molecular flexibility index (Phi) is 6.28. The van der Waals surface area contributed by atoms with E-state index >= 15 is 0 Å². The van der Waals surface area contributed by atoms with E-state index in [2.05, 4.69) is 98.7 Å². The monoisotopic (exact) mass is 456 g/mol. The molecule has 0 radical (unpaired) electrons. The molecule has 2 fully saturated rings. The minimum Gasteiger partial charge on any atom is -0.354 e. The summed E-state index contributed by atoms with van der Waals surface area (Å²) in [6, 6.07) is 21.5. The molecule has 3 aromatic rings. The highest BCUT2D eigenvalue weighted by Gasteiger charge is 2.47. The molecule has 0 bridgehead atoms. The van der Waals surface area contributed by atoms with Crippen molar-refractivity contribution in [3.63, 3.8) is 0 Å². The third-order valence-electron chi connectivity index (χ3n) is 7.93. The number of anilines is 2. The van der Waals surface area contributed by atoms with E-state index in [4.69, 9.17) is 0 Å². The lowest BCUT2D eigenvalue weighted by atomic mass is 9.69. The highest BCUT2D eigenvalue weighted by molar-refractivity contribution is 5.47. The van der Waals surface area contributed by atoms with Crippen LogP contribution >= 0.6 is 0 Å². The fourth-order valence-electron chi connectivity index (χ4n) is 5.75. The second kappa shape index (κ2) is 9.35. The van der Waals surface area contributed by atoms with Crippen LogP contribution in [0.15, 0.2) is 73.1 Å². The van der Waals surface area contributed by atoms with Gasteiger partial charge < -0.3 is 9.80 Å². The van der Waals surface area contributed by atoms with Crippen LogP contribution in [0.25, 0.3) is 0 Å². The summed E-state index contributed by atoms with van der Waals surface area (Å²) in [5, 5.41) is 3.86. The zero-order valence-electron chi connectivity index (χ0n) is 20.6. The maximum absolute atomic E-state index is 4.68. The average molecular weight is 457 g/mol. The molecule has 178 valence electrons. The van der Waals surface area contributed by atoms with Crippen LogP contribution in [0.5, 0.6) is 0 Å². The van der Waals surface area contributed by atoms with E-state index < -0.39 is 0 Å². The van der Waals surface area contributed by atoms with Crippen LogP contribution in [0, 0.1) is 0 Å². The predicted octanol–water partition coefficient (Wildman–Crippen LogP) is 4.25. The molecule has 1 saturated carbocycles. The van der Waals surface area contributed by atoms with Crippen molar-refractivity contribution in [3.8, 4) is 0 Å². The predicted molar refractivity (Wildman–Crippen MR) is 139 cm³/mol. The highest BCUT2D eigenvalue weighted by Crippen LogP contribution is 2.46. The number of nitrogens with zero attached hydrogens (tertiary/aromatic N) is 5. The largest absolute Gasteiger partial charge is 0.354 e. The van der Waals surface area contributed by atoms with Crippen molar-refractivity contribution in [2.45, 2.75) is 43.3 Å². The van der Waals surface area contributed by atoms with Gasteiger partial charge in [-0.1, -0.05) is 60.7 Å². The average Bonchev–Trinajstić information content (AvgIpc) is 3.29. The molecule has 0 atom stereocenters. The molecular formula is C28H36N6. The SMILES string of the molecule is CN(Cc1ccccc1)c1ncc(N2CN[C@]3(CC[C@@](c4ccccc4)(N(C)C)CC3)C2)cn1. The molecule has 0 unspecified atom stereocenters. The van der Waals surface area contributed by atoms with E-state index in [-0.39, 0.29) is 11.1 Å². The van der Waals surface area contributed by atoms with Crippen LogP contribution in [0.3, 0.4) is 0 Å². The molecule has 2 aliphatic rings. The van der Waals surface area contributed by atoms with Crippen LogP contribution in [0.1, 0.15) is 36.8 Å². The van der Waals surface area contributed by atoms with Crippen molar-refractivity contribution in [1.29, 1.82) is 0 Å². The third kappa shape index (κ3) is 4.40. The summed E-state index contributed by atoms with van der Waals surface area (Å²) in [7, 11) is 6.50. The molecule has 0 amide bonds. The molecule has 34 heavy (non-hydrogen) atoms. The fourth-order valence-corrected chi connectivity index (χ4v) is 5.75. The van der Waals surface area contributed by atoms with Crippen molar-refractivity contribution >= 4 is 11.6 Å². The first-order valence-corrected chi connectivity index (χ1v) is 12.3. The Morgan fingerprint density at radius 2 is 1.47 bits per heavy atom. The molecule has 1 saturated heterocycles. The van der Waals surface area contributed by atoms with Crippen LogP contribution in [0.2, 0.25) is 0 Å². The van der Waals surface area contributed by atoms with E-state index in [9.17, 15) is 0 Å². The summed E-state index contributed by atoms with van der Waals surface area (Å²) in [5.41, 5.74) is 4.07. The van der Waals surface area contributed by atoms with Gasteiger partial charge in [-0.25, -0.2) is 9.97 Å². The molecule has 1 aliphatic carbocycles. The van der Waals surface area contributed by atoms with Crippen LogP contribution in [0.4, 0.5) is 11.6 Å². The van der Waals surface area contributed by atoms with E-state index in [1.807, 2.05) is 25.5 Å². The second-order valence-electron chi connectivity index (χ2n) is 10.2. The van der Waals surface area contributed by atoms with Gasteiger partial charge in [-0.2, -0.15) is 0 Å². The summed E-state index contributed by atoms with van der Waals surface area (Å²) < 4.78 is 0. The topological polar surface area (TPSA) is 47.5 Å². The Bertz CT molecular complexity index is 1060. The summed E-state index contributed by atoms with van der Waals surface area (Å²) in [4.78, 5) is 16.3. The normalized spacial score (nSPS) is 24.6. The molecule has 1 N–H and O–H groups in total. The molecular weight excluding hydrogens is 420 g/mol. The summed E-state index contributed by atoms with van der Waals surface area (Å²) in [6.45, 7) is 2.65. The van der Waals surface area contributed by atoms with Crippen molar-refractivity contribution in [2.75, 3.05) is 44.2 Å². The summed E-state index contributed by atoms with van der Waals surface area (Å²) >= 11 is 0. The summed E-state index contributed by atoms with van der Waals surface area (Å²) in [6.07, 6.45) is 8.59. The number of aromatic nitrogens is 2. The van der Waals surface area contributed by atoms with Crippen molar-refractivity contribution < 1.29 is 0 Å².